The van der Waals surface area contributed by atoms with Crippen molar-refractivity contribution in [2.75, 3.05) is 5.32 Å². The highest BCUT2D eigenvalue weighted by molar-refractivity contribution is 5.86. The van der Waals surface area contributed by atoms with E-state index >= 15 is 0 Å². The number of rotatable bonds is 1. The van der Waals surface area contributed by atoms with Crippen LogP contribution in [0.4, 0.5) is 10.6 Å². The molecule has 2 amide bonds. The van der Waals surface area contributed by atoms with Crippen LogP contribution in [0, 0.1) is 0 Å². The number of nitrogens with zero attached hydrogens (tertiary/aromatic N) is 2. The predicted octanol–water partition coefficient (Wildman–Crippen LogP) is -0.0893. The van der Waals surface area contributed by atoms with Crippen molar-refractivity contribution in [2.24, 2.45) is 12.8 Å². The summed E-state index contributed by atoms with van der Waals surface area (Å²) in [7, 11) is 1.76. The fourth-order valence-corrected chi connectivity index (χ4v) is 0.608. The minimum Gasteiger partial charge on any atom is -0.351 e. The van der Waals surface area contributed by atoms with Crippen molar-refractivity contribution < 1.29 is 4.79 Å². The van der Waals surface area contributed by atoms with Gasteiger partial charge in [-0.3, -0.25) is 10.00 Å². The molecule has 0 radical (unpaired) electrons. The number of nitrogens with one attached hydrogen (secondary N) is 1. The first-order chi connectivity index (χ1) is 4.68. The van der Waals surface area contributed by atoms with Crippen LogP contribution in [0.2, 0.25) is 0 Å². The quantitative estimate of drug-likeness (QED) is 0.572. The molecule has 1 aromatic heterocycles. The highest BCUT2D eigenvalue weighted by Gasteiger charge is 1.96. The molecule has 3 N–H and O–H groups in total. The van der Waals surface area contributed by atoms with Gasteiger partial charge in [0.1, 0.15) is 0 Å². The Balaban J connectivity index is 2.67. The van der Waals surface area contributed by atoms with Gasteiger partial charge in [0.2, 0.25) is 0 Å². The molecule has 10 heavy (non-hydrogen) atoms. The van der Waals surface area contributed by atoms with Gasteiger partial charge in [-0.15, -0.1) is 0 Å². The number of aromatic nitrogens is 2. The van der Waals surface area contributed by atoms with Crippen LogP contribution in [-0.4, -0.2) is 15.8 Å². The maximum absolute atomic E-state index is 10.2. The lowest BCUT2D eigenvalue weighted by molar-refractivity contribution is 0.259. The molecule has 0 spiro atoms. The highest BCUT2D eigenvalue weighted by Crippen LogP contribution is 1.98. The standard InChI is InChI=1S/C5H8N4O/c1-9-3-2-4(8-9)7-5(6)10/h2-3H,1H3,(H3,6,7,8,10). The van der Waals surface area contributed by atoms with Gasteiger partial charge in [0, 0.05) is 19.3 Å². The van der Waals surface area contributed by atoms with Crippen LogP contribution in [0.3, 0.4) is 0 Å². The Kier molecular flexibility index (Phi) is 1.57. The molecule has 0 saturated heterocycles. The zero-order valence-corrected chi connectivity index (χ0v) is 5.53. The Morgan fingerprint density at radius 2 is 2.60 bits per heavy atom. The Bertz CT molecular complexity index is 242. The van der Waals surface area contributed by atoms with Gasteiger partial charge in [-0.25, -0.2) is 4.79 Å². The highest BCUT2D eigenvalue weighted by atomic mass is 16.2. The van der Waals surface area contributed by atoms with Crippen LogP contribution < -0.4 is 11.1 Å². The molecule has 1 rings (SSSR count). The summed E-state index contributed by atoms with van der Waals surface area (Å²) in [4.78, 5) is 10.2. The van der Waals surface area contributed by atoms with Crippen molar-refractivity contribution in [3.8, 4) is 0 Å². The first kappa shape index (κ1) is 6.60. The zero-order chi connectivity index (χ0) is 7.56. The van der Waals surface area contributed by atoms with Crippen molar-refractivity contribution in [2.45, 2.75) is 0 Å². The van der Waals surface area contributed by atoms with E-state index in [0.29, 0.717) is 5.82 Å². The Morgan fingerprint density at radius 1 is 1.90 bits per heavy atom. The molecule has 0 aliphatic carbocycles. The fraction of sp³-hybridized carbons (Fsp3) is 0.200. The van der Waals surface area contributed by atoms with Gasteiger partial charge in [-0.1, -0.05) is 0 Å². The average Bonchev–Trinajstić information content (AvgIpc) is 2.13. The molecule has 5 heteroatoms. The van der Waals surface area contributed by atoms with E-state index in [1.165, 1.54) is 0 Å². The Labute approximate surface area is 57.8 Å². The van der Waals surface area contributed by atoms with E-state index < -0.39 is 6.03 Å². The number of carbonyl (C=O) groups excluding carboxylic acids is 1. The number of primary amides is 1. The third-order valence-electron chi connectivity index (χ3n) is 0.965. The second kappa shape index (κ2) is 2.38. The normalized spacial score (nSPS) is 9.30. The summed E-state index contributed by atoms with van der Waals surface area (Å²) in [5.74, 6) is 0.468. The summed E-state index contributed by atoms with van der Waals surface area (Å²) < 4.78 is 1.57. The predicted molar refractivity (Wildman–Crippen MR) is 36.4 cm³/mol. The summed E-state index contributed by atoms with van der Waals surface area (Å²) in [5, 5.41) is 6.19. The first-order valence-corrected chi connectivity index (χ1v) is 2.74. The smallest absolute Gasteiger partial charge is 0.317 e. The minimum atomic E-state index is -0.598. The van der Waals surface area contributed by atoms with Gasteiger partial charge < -0.3 is 5.73 Å². The summed E-state index contributed by atoms with van der Waals surface area (Å²) in [6.45, 7) is 0. The van der Waals surface area contributed by atoms with Crippen LogP contribution in [0.25, 0.3) is 0 Å². The van der Waals surface area contributed by atoms with Gasteiger partial charge >= 0.3 is 6.03 Å². The largest absolute Gasteiger partial charge is 0.351 e. The molecule has 54 valence electrons. The molecule has 0 atom stereocenters. The molecule has 0 unspecified atom stereocenters. The second-order valence-electron chi connectivity index (χ2n) is 1.86. The lowest BCUT2D eigenvalue weighted by atomic mass is 10.6. The number of aryl methyl sites for hydroxylation is 1. The number of carbonyl (C=O) groups is 1. The summed E-state index contributed by atoms with van der Waals surface area (Å²) in [6.07, 6.45) is 1.71. The molecule has 0 aliphatic rings. The molecule has 0 fully saturated rings. The maximum Gasteiger partial charge on any atom is 0.317 e. The number of hydrogen-bond donors (Lipinski definition) is 2. The summed E-state index contributed by atoms with van der Waals surface area (Å²) in [6, 6.07) is 1.06. The van der Waals surface area contributed by atoms with E-state index in [-0.39, 0.29) is 0 Å². The van der Waals surface area contributed by atoms with E-state index in [0.717, 1.165) is 0 Å². The van der Waals surface area contributed by atoms with E-state index in [1.54, 1.807) is 24.0 Å². The third kappa shape index (κ3) is 1.48. The fourth-order valence-electron chi connectivity index (χ4n) is 0.608. The topological polar surface area (TPSA) is 72.9 Å². The molecule has 0 aliphatic heterocycles. The van der Waals surface area contributed by atoms with E-state index in [9.17, 15) is 4.79 Å². The lowest BCUT2D eigenvalue weighted by Gasteiger charge is -1.92. The number of anilines is 1. The number of amides is 2. The monoisotopic (exact) mass is 140 g/mol. The molecular formula is C5H8N4O. The molecule has 5 nitrogen and oxygen atoms in total. The van der Waals surface area contributed by atoms with E-state index in [1.807, 2.05) is 0 Å². The molecule has 0 bridgehead atoms. The van der Waals surface area contributed by atoms with Crippen LogP contribution in [-0.2, 0) is 7.05 Å². The second-order valence-corrected chi connectivity index (χ2v) is 1.86. The Hall–Kier alpha value is -1.52. The van der Waals surface area contributed by atoms with Crippen molar-refractivity contribution in [1.29, 1.82) is 0 Å². The lowest BCUT2D eigenvalue weighted by Crippen LogP contribution is -2.19. The molecule has 0 aromatic carbocycles. The zero-order valence-electron chi connectivity index (χ0n) is 5.53. The van der Waals surface area contributed by atoms with Crippen molar-refractivity contribution in [3.05, 3.63) is 12.3 Å². The Morgan fingerprint density at radius 3 is 3.00 bits per heavy atom. The third-order valence-corrected chi connectivity index (χ3v) is 0.965. The van der Waals surface area contributed by atoms with Gasteiger partial charge in [-0.05, 0) is 0 Å². The van der Waals surface area contributed by atoms with Gasteiger partial charge in [-0.2, -0.15) is 5.10 Å². The van der Waals surface area contributed by atoms with Crippen LogP contribution >= 0.6 is 0 Å². The molecule has 1 heterocycles. The first-order valence-electron chi connectivity index (χ1n) is 2.74. The van der Waals surface area contributed by atoms with Crippen molar-refractivity contribution in [1.82, 2.24) is 9.78 Å². The minimum absolute atomic E-state index is 0.468. The van der Waals surface area contributed by atoms with Gasteiger partial charge in [0.25, 0.3) is 0 Å². The van der Waals surface area contributed by atoms with Crippen molar-refractivity contribution >= 4 is 11.8 Å². The van der Waals surface area contributed by atoms with Gasteiger partial charge in [0.15, 0.2) is 5.82 Å². The van der Waals surface area contributed by atoms with Crippen molar-refractivity contribution in [3.63, 3.8) is 0 Å². The average molecular weight is 140 g/mol. The van der Waals surface area contributed by atoms with Gasteiger partial charge in [0.05, 0.1) is 0 Å². The van der Waals surface area contributed by atoms with E-state index in [4.69, 9.17) is 5.73 Å². The summed E-state index contributed by atoms with van der Waals surface area (Å²) in [5.41, 5.74) is 4.83. The summed E-state index contributed by atoms with van der Waals surface area (Å²) >= 11 is 0. The molecule has 0 saturated carbocycles. The van der Waals surface area contributed by atoms with E-state index in [2.05, 4.69) is 10.4 Å². The number of hydrogen-bond acceptors (Lipinski definition) is 2. The number of urea groups is 1. The molecule has 1 aromatic rings. The SMILES string of the molecule is Cn1ccc(NC(N)=O)n1. The molecular weight excluding hydrogens is 132 g/mol. The number of nitrogens with two attached hydrogens (primary N) is 1. The van der Waals surface area contributed by atoms with Crippen LogP contribution in [0.15, 0.2) is 12.3 Å². The maximum atomic E-state index is 10.2. The van der Waals surface area contributed by atoms with Crippen LogP contribution in [0.5, 0.6) is 0 Å². The van der Waals surface area contributed by atoms with Crippen LogP contribution in [0.1, 0.15) is 0 Å².